The zero-order valence-electron chi connectivity index (χ0n) is 13.1. The van der Waals surface area contributed by atoms with Crippen molar-refractivity contribution in [2.24, 2.45) is 0 Å². The molecule has 1 aromatic carbocycles. The number of amides is 1. The summed E-state index contributed by atoms with van der Waals surface area (Å²) in [6.45, 7) is 5.65. The SMILES string of the molecule is CC(=O)N1CCC(NC2CC(c3ccc(C)cc3)C2)CC1. The van der Waals surface area contributed by atoms with Crippen LogP contribution >= 0.6 is 0 Å². The molecule has 0 bridgehead atoms. The molecule has 0 atom stereocenters. The van der Waals surface area contributed by atoms with E-state index in [1.54, 1.807) is 6.92 Å². The second kappa shape index (κ2) is 6.18. The van der Waals surface area contributed by atoms with E-state index in [9.17, 15) is 4.79 Å². The molecule has 0 unspecified atom stereocenters. The average Bonchev–Trinajstić information content (AvgIpc) is 2.44. The van der Waals surface area contributed by atoms with Gasteiger partial charge in [0.05, 0.1) is 0 Å². The van der Waals surface area contributed by atoms with E-state index < -0.39 is 0 Å². The maximum absolute atomic E-state index is 11.3. The van der Waals surface area contributed by atoms with Gasteiger partial charge < -0.3 is 10.2 Å². The number of nitrogens with zero attached hydrogens (tertiary/aromatic N) is 1. The van der Waals surface area contributed by atoms with Crippen LogP contribution in [-0.4, -0.2) is 36.0 Å². The highest BCUT2D eigenvalue weighted by atomic mass is 16.2. The van der Waals surface area contributed by atoms with Gasteiger partial charge in [0.1, 0.15) is 0 Å². The number of likely N-dealkylation sites (tertiary alicyclic amines) is 1. The number of hydrogen-bond donors (Lipinski definition) is 1. The van der Waals surface area contributed by atoms with Crippen LogP contribution in [0.2, 0.25) is 0 Å². The summed E-state index contributed by atoms with van der Waals surface area (Å²) >= 11 is 0. The number of aryl methyl sites for hydroxylation is 1. The molecule has 3 heteroatoms. The zero-order valence-corrected chi connectivity index (χ0v) is 13.1. The van der Waals surface area contributed by atoms with Crippen molar-refractivity contribution >= 4 is 5.91 Å². The Balaban J connectivity index is 1.41. The number of piperidine rings is 1. The van der Waals surface area contributed by atoms with E-state index in [2.05, 4.69) is 36.5 Å². The van der Waals surface area contributed by atoms with Gasteiger partial charge in [-0.2, -0.15) is 0 Å². The third kappa shape index (κ3) is 3.46. The van der Waals surface area contributed by atoms with Crippen molar-refractivity contribution in [3.8, 4) is 0 Å². The minimum absolute atomic E-state index is 0.219. The van der Waals surface area contributed by atoms with E-state index in [-0.39, 0.29) is 5.91 Å². The van der Waals surface area contributed by atoms with Crippen molar-refractivity contribution in [3.63, 3.8) is 0 Å². The number of hydrogen-bond acceptors (Lipinski definition) is 2. The van der Waals surface area contributed by atoms with E-state index in [0.29, 0.717) is 12.1 Å². The van der Waals surface area contributed by atoms with Crippen LogP contribution < -0.4 is 5.32 Å². The van der Waals surface area contributed by atoms with Gasteiger partial charge in [-0.15, -0.1) is 0 Å². The molecule has 1 heterocycles. The highest BCUT2D eigenvalue weighted by molar-refractivity contribution is 5.73. The predicted octanol–water partition coefficient (Wildman–Crippen LogP) is 2.84. The molecule has 0 spiro atoms. The summed E-state index contributed by atoms with van der Waals surface area (Å²) in [6.07, 6.45) is 4.72. The summed E-state index contributed by atoms with van der Waals surface area (Å²) in [5.41, 5.74) is 2.83. The summed E-state index contributed by atoms with van der Waals surface area (Å²) in [6, 6.07) is 10.3. The highest BCUT2D eigenvalue weighted by Crippen LogP contribution is 2.37. The van der Waals surface area contributed by atoms with Crippen LogP contribution in [0.4, 0.5) is 0 Å². The molecule has 114 valence electrons. The molecule has 1 saturated heterocycles. The van der Waals surface area contributed by atoms with Gasteiger partial charge in [-0.3, -0.25) is 4.79 Å². The zero-order chi connectivity index (χ0) is 14.8. The molecular weight excluding hydrogens is 260 g/mol. The Morgan fingerprint density at radius 3 is 2.29 bits per heavy atom. The van der Waals surface area contributed by atoms with Crippen molar-refractivity contribution in [2.45, 2.75) is 57.5 Å². The van der Waals surface area contributed by atoms with E-state index >= 15 is 0 Å². The number of carbonyl (C=O) groups is 1. The monoisotopic (exact) mass is 286 g/mol. The molecule has 1 saturated carbocycles. The molecule has 2 fully saturated rings. The lowest BCUT2D eigenvalue weighted by Gasteiger charge is -2.41. The van der Waals surface area contributed by atoms with Gasteiger partial charge in [0.25, 0.3) is 0 Å². The van der Waals surface area contributed by atoms with Gasteiger partial charge in [-0.1, -0.05) is 29.8 Å². The Kier molecular flexibility index (Phi) is 4.29. The minimum atomic E-state index is 0.219. The highest BCUT2D eigenvalue weighted by Gasteiger charge is 2.32. The molecule has 2 aliphatic rings. The quantitative estimate of drug-likeness (QED) is 0.926. The van der Waals surface area contributed by atoms with Crippen LogP contribution in [0.25, 0.3) is 0 Å². The van der Waals surface area contributed by atoms with E-state index in [1.807, 2.05) is 4.90 Å². The van der Waals surface area contributed by atoms with Gasteiger partial charge in [-0.25, -0.2) is 0 Å². The number of benzene rings is 1. The van der Waals surface area contributed by atoms with Crippen LogP contribution in [0.1, 0.15) is 49.7 Å². The predicted molar refractivity (Wildman–Crippen MR) is 85.4 cm³/mol. The third-order valence-corrected chi connectivity index (χ3v) is 5.10. The first-order valence-electron chi connectivity index (χ1n) is 8.20. The fourth-order valence-electron chi connectivity index (χ4n) is 3.56. The van der Waals surface area contributed by atoms with Crippen molar-refractivity contribution < 1.29 is 4.79 Å². The van der Waals surface area contributed by atoms with Gasteiger partial charge in [0.2, 0.25) is 5.91 Å². The smallest absolute Gasteiger partial charge is 0.219 e. The molecule has 3 nitrogen and oxygen atoms in total. The molecule has 1 aliphatic heterocycles. The normalized spacial score (nSPS) is 26.5. The van der Waals surface area contributed by atoms with Gasteiger partial charge in [0, 0.05) is 32.1 Å². The van der Waals surface area contributed by atoms with Gasteiger partial charge in [-0.05, 0) is 44.1 Å². The Hall–Kier alpha value is -1.35. The largest absolute Gasteiger partial charge is 0.343 e. The molecule has 3 rings (SSSR count). The molecule has 0 radical (unpaired) electrons. The van der Waals surface area contributed by atoms with Crippen molar-refractivity contribution in [1.29, 1.82) is 0 Å². The van der Waals surface area contributed by atoms with E-state index in [0.717, 1.165) is 31.8 Å². The van der Waals surface area contributed by atoms with Gasteiger partial charge >= 0.3 is 0 Å². The van der Waals surface area contributed by atoms with Crippen molar-refractivity contribution in [3.05, 3.63) is 35.4 Å². The van der Waals surface area contributed by atoms with Crippen LogP contribution in [-0.2, 0) is 4.79 Å². The van der Waals surface area contributed by atoms with Crippen LogP contribution in [0.3, 0.4) is 0 Å². The van der Waals surface area contributed by atoms with E-state index in [1.165, 1.54) is 24.0 Å². The third-order valence-electron chi connectivity index (χ3n) is 5.10. The number of nitrogens with one attached hydrogen (secondary N) is 1. The Morgan fingerprint density at radius 2 is 1.71 bits per heavy atom. The minimum Gasteiger partial charge on any atom is -0.343 e. The maximum atomic E-state index is 11.3. The lowest BCUT2D eigenvalue weighted by atomic mass is 9.75. The fraction of sp³-hybridized carbons (Fsp3) is 0.611. The molecule has 1 aromatic rings. The summed E-state index contributed by atoms with van der Waals surface area (Å²) in [5, 5.41) is 3.79. The first kappa shape index (κ1) is 14.6. The topological polar surface area (TPSA) is 32.3 Å². The average molecular weight is 286 g/mol. The van der Waals surface area contributed by atoms with Crippen LogP contribution in [0, 0.1) is 6.92 Å². The van der Waals surface area contributed by atoms with Crippen molar-refractivity contribution in [1.82, 2.24) is 10.2 Å². The van der Waals surface area contributed by atoms with Gasteiger partial charge in [0.15, 0.2) is 0 Å². The molecular formula is C18H26N2O. The standard InChI is InChI=1S/C18H26N2O/c1-13-3-5-15(6-4-13)16-11-18(12-16)19-17-7-9-20(10-8-17)14(2)21/h3-6,16-19H,7-12H2,1-2H3. The Labute approximate surface area is 127 Å². The molecule has 21 heavy (non-hydrogen) atoms. The number of rotatable bonds is 3. The number of carbonyl (C=O) groups excluding carboxylic acids is 1. The first-order chi connectivity index (χ1) is 10.1. The molecule has 1 amide bonds. The van der Waals surface area contributed by atoms with Crippen LogP contribution in [0.5, 0.6) is 0 Å². The maximum Gasteiger partial charge on any atom is 0.219 e. The lowest BCUT2D eigenvalue weighted by molar-refractivity contribution is -0.129. The summed E-state index contributed by atoms with van der Waals surface area (Å²) in [7, 11) is 0. The molecule has 0 aromatic heterocycles. The lowest BCUT2D eigenvalue weighted by Crippen LogP contribution is -2.50. The van der Waals surface area contributed by atoms with Crippen LogP contribution in [0.15, 0.2) is 24.3 Å². The second-order valence-electron chi connectivity index (χ2n) is 6.72. The Bertz CT molecular complexity index is 482. The first-order valence-corrected chi connectivity index (χ1v) is 8.20. The summed E-state index contributed by atoms with van der Waals surface area (Å²) < 4.78 is 0. The fourth-order valence-corrected chi connectivity index (χ4v) is 3.56. The summed E-state index contributed by atoms with van der Waals surface area (Å²) in [4.78, 5) is 13.3. The molecule has 1 N–H and O–H groups in total. The molecule has 1 aliphatic carbocycles. The van der Waals surface area contributed by atoms with Crippen molar-refractivity contribution in [2.75, 3.05) is 13.1 Å². The van der Waals surface area contributed by atoms with E-state index in [4.69, 9.17) is 0 Å². The Morgan fingerprint density at radius 1 is 1.10 bits per heavy atom. The second-order valence-corrected chi connectivity index (χ2v) is 6.72. The summed E-state index contributed by atoms with van der Waals surface area (Å²) in [5.74, 6) is 0.955.